The van der Waals surface area contributed by atoms with Crippen LogP contribution in [0.2, 0.25) is 0 Å². The number of esters is 2. The molecule has 0 N–H and O–H groups in total. The van der Waals surface area contributed by atoms with E-state index in [1.165, 1.54) is 0 Å². The van der Waals surface area contributed by atoms with Gasteiger partial charge in [0.2, 0.25) is 0 Å². The van der Waals surface area contributed by atoms with Gasteiger partial charge in [-0.1, -0.05) is 80.7 Å². The highest BCUT2D eigenvalue weighted by Crippen LogP contribution is 2.44. The van der Waals surface area contributed by atoms with Crippen LogP contribution in [0, 0.1) is 0 Å². The van der Waals surface area contributed by atoms with Crippen LogP contribution in [0.4, 0.5) is 0 Å². The summed E-state index contributed by atoms with van der Waals surface area (Å²) in [6, 6.07) is 32.4. The van der Waals surface area contributed by atoms with E-state index in [9.17, 15) is 9.59 Å². The van der Waals surface area contributed by atoms with E-state index in [4.69, 9.17) is 28.4 Å². The van der Waals surface area contributed by atoms with Crippen molar-refractivity contribution in [3.63, 3.8) is 0 Å². The predicted octanol–water partition coefficient (Wildman–Crippen LogP) is 8.22. The largest absolute Gasteiger partial charge is 0.490 e. The number of benzene rings is 5. The summed E-state index contributed by atoms with van der Waals surface area (Å²) in [6.45, 7) is 9.35. The molecule has 0 aromatic heterocycles. The number of carbonyl (C=O) groups is 2. The molecule has 2 unspecified atom stereocenters. The predicted molar refractivity (Wildman–Crippen MR) is 193 cm³/mol. The Bertz CT molecular complexity index is 1880. The molecule has 0 aliphatic heterocycles. The molecule has 0 aliphatic carbocycles. The summed E-state index contributed by atoms with van der Waals surface area (Å²) < 4.78 is 36.1. The Morgan fingerprint density at radius 1 is 0.592 bits per heavy atom. The topological polar surface area (TPSA) is 89.5 Å². The van der Waals surface area contributed by atoms with Crippen LogP contribution in [0.5, 0.6) is 23.0 Å². The first-order chi connectivity index (χ1) is 24.0. The lowest BCUT2D eigenvalue weighted by Gasteiger charge is -2.23. The molecule has 5 aromatic rings. The van der Waals surface area contributed by atoms with Crippen LogP contribution in [0.25, 0.3) is 21.5 Å². The molecule has 0 fully saturated rings. The fourth-order valence-corrected chi connectivity index (χ4v) is 5.77. The van der Waals surface area contributed by atoms with Crippen LogP contribution < -0.4 is 18.9 Å². The second-order valence-corrected chi connectivity index (χ2v) is 12.1. The fourth-order valence-electron chi connectivity index (χ4n) is 5.07. The molecule has 0 radical (unpaired) electrons. The van der Waals surface area contributed by atoms with Crippen LogP contribution in [-0.2, 0) is 19.1 Å². The SMILES string of the molecule is C=CC(=O)OC(COc1ccccc1)COc1c2ccccc2c(OCC(COc2ccccc2)OC(=O)C=C)c2cc(SCC)ccc12. The average Bonchev–Trinajstić information content (AvgIpc) is 3.14. The molecule has 5 rings (SSSR count). The maximum Gasteiger partial charge on any atom is 0.330 e. The lowest BCUT2D eigenvalue weighted by Crippen LogP contribution is -2.31. The van der Waals surface area contributed by atoms with Crippen molar-refractivity contribution < 1.29 is 38.0 Å². The minimum absolute atomic E-state index is 0.0211. The lowest BCUT2D eigenvalue weighted by atomic mass is 10.0. The summed E-state index contributed by atoms with van der Waals surface area (Å²) in [5.74, 6) is 2.23. The van der Waals surface area contributed by atoms with Crippen LogP contribution in [0.3, 0.4) is 0 Å². The van der Waals surface area contributed by atoms with Crippen molar-refractivity contribution in [2.45, 2.75) is 24.0 Å². The number of hydrogen-bond donors (Lipinski definition) is 0. The first-order valence-corrected chi connectivity index (χ1v) is 16.9. The van der Waals surface area contributed by atoms with Crippen LogP contribution in [-0.4, -0.2) is 56.3 Å². The normalized spacial score (nSPS) is 12.0. The van der Waals surface area contributed by atoms with Gasteiger partial charge < -0.3 is 28.4 Å². The van der Waals surface area contributed by atoms with E-state index in [-0.39, 0.29) is 26.4 Å². The summed E-state index contributed by atoms with van der Waals surface area (Å²) in [5.41, 5.74) is 0. The van der Waals surface area contributed by atoms with Gasteiger partial charge in [0.05, 0.1) is 0 Å². The van der Waals surface area contributed by atoms with Crippen molar-refractivity contribution in [2.24, 2.45) is 0 Å². The van der Waals surface area contributed by atoms with Gasteiger partial charge in [-0.25, -0.2) is 9.59 Å². The van der Waals surface area contributed by atoms with Crippen molar-refractivity contribution in [3.05, 3.63) is 128 Å². The van der Waals surface area contributed by atoms with Gasteiger partial charge >= 0.3 is 11.9 Å². The second-order valence-electron chi connectivity index (χ2n) is 10.7. The number of rotatable bonds is 18. The third-order valence-electron chi connectivity index (χ3n) is 7.29. The summed E-state index contributed by atoms with van der Waals surface area (Å²) in [7, 11) is 0. The summed E-state index contributed by atoms with van der Waals surface area (Å²) in [6.07, 6.45) is 0.776. The first kappa shape index (κ1) is 34.9. The highest BCUT2D eigenvalue weighted by Gasteiger charge is 2.22. The number of hydrogen-bond acceptors (Lipinski definition) is 9. The standard InChI is InChI=1S/C40H38O8S/c1-4-37(41)47-30(24-43-28-15-9-7-10-16-28)26-45-39-33-19-13-14-20-34(33)40(36-23-32(49-6-3)21-22-35(36)39)46-27-31(48-38(42)5-2)25-44-29-17-11-8-12-18-29/h4-5,7-23,30-31H,1-2,6,24-27H2,3H3. The molecule has 0 saturated heterocycles. The molecule has 0 spiro atoms. The molecule has 0 amide bonds. The van der Waals surface area contributed by atoms with Gasteiger partial charge in [0.1, 0.15) is 49.4 Å². The van der Waals surface area contributed by atoms with Gasteiger partial charge in [0.25, 0.3) is 0 Å². The van der Waals surface area contributed by atoms with Gasteiger partial charge in [0, 0.05) is 38.6 Å². The summed E-state index contributed by atoms with van der Waals surface area (Å²) >= 11 is 1.70. The van der Waals surface area contributed by atoms with Gasteiger partial charge in [-0.05, 0) is 48.2 Å². The first-order valence-electron chi connectivity index (χ1n) is 15.9. The maximum absolute atomic E-state index is 12.3. The Morgan fingerprint density at radius 3 is 1.49 bits per heavy atom. The Balaban J connectivity index is 1.48. The maximum atomic E-state index is 12.3. The summed E-state index contributed by atoms with van der Waals surface area (Å²) in [5, 5.41) is 3.19. The molecule has 5 aromatic carbocycles. The average molecular weight is 679 g/mol. The van der Waals surface area contributed by atoms with Crippen LogP contribution in [0.1, 0.15) is 6.92 Å². The van der Waals surface area contributed by atoms with E-state index >= 15 is 0 Å². The molecule has 0 heterocycles. The fraction of sp³-hybridized carbons (Fsp3) is 0.200. The van der Waals surface area contributed by atoms with Crippen molar-refractivity contribution in [2.75, 3.05) is 32.2 Å². The van der Waals surface area contributed by atoms with E-state index in [0.717, 1.165) is 44.3 Å². The van der Waals surface area contributed by atoms with Crippen molar-refractivity contribution in [1.82, 2.24) is 0 Å². The lowest BCUT2D eigenvalue weighted by molar-refractivity contribution is -0.147. The van der Waals surface area contributed by atoms with Crippen LogP contribution >= 0.6 is 11.8 Å². The van der Waals surface area contributed by atoms with E-state index in [2.05, 4.69) is 26.1 Å². The zero-order chi connectivity index (χ0) is 34.4. The molecule has 9 heteroatoms. The molecule has 0 saturated carbocycles. The van der Waals surface area contributed by atoms with Gasteiger partial charge in [-0.15, -0.1) is 11.8 Å². The van der Waals surface area contributed by atoms with Crippen molar-refractivity contribution in [1.29, 1.82) is 0 Å². The van der Waals surface area contributed by atoms with E-state index in [1.54, 1.807) is 11.8 Å². The molecule has 0 aliphatic rings. The molecule has 252 valence electrons. The Kier molecular flexibility index (Phi) is 12.6. The number of fused-ring (bicyclic) bond motifs is 2. The third-order valence-corrected chi connectivity index (χ3v) is 8.17. The zero-order valence-electron chi connectivity index (χ0n) is 27.2. The number of ether oxygens (including phenoxy) is 6. The highest BCUT2D eigenvalue weighted by atomic mass is 32.2. The van der Waals surface area contributed by atoms with Gasteiger partial charge in [-0.2, -0.15) is 0 Å². The molecule has 8 nitrogen and oxygen atoms in total. The second kappa shape index (κ2) is 17.7. The monoisotopic (exact) mass is 678 g/mol. The van der Waals surface area contributed by atoms with Gasteiger partial charge in [0.15, 0.2) is 12.2 Å². The van der Waals surface area contributed by atoms with Crippen LogP contribution in [0.15, 0.2) is 133 Å². The summed E-state index contributed by atoms with van der Waals surface area (Å²) in [4.78, 5) is 25.5. The highest BCUT2D eigenvalue weighted by molar-refractivity contribution is 7.99. The van der Waals surface area contributed by atoms with Crippen molar-refractivity contribution >= 4 is 45.2 Å². The number of thioether (sulfide) groups is 1. The quantitative estimate of drug-likeness (QED) is 0.0394. The molecular weight excluding hydrogens is 640 g/mol. The van der Waals surface area contributed by atoms with E-state index in [1.807, 2.05) is 97.1 Å². The Morgan fingerprint density at radius 2 is 1.02 bits per heavy atom. The molecule has 0 bridgehead atoms. The molecular formula is C40H38O8S. The van der Waals surface area contributed by atoms with Gasteiger partial charge in [-0.3, -0.25) is 0 Å². The molecule has 2 atom stereocenters. The Labute approximate surface area is 290 Å². The van der Waals surface area contributed by atoms with E-state index in [0.29, 0.717) is 23.0 Å². The Hall–Kier alpha value is -5.41. The molecule has 49 heavy (non-hydrogen) atoms. The number of para-hydroxylation sites is 2. The zero-order valence-corrected chi connectivity index (χ0v) is 28.1. The third kappa shape index (κ3) is 9.58. The number of carbonyl (C=O) groups excluding carboxylic acids is 2. The minimum atomic E-state index is -0.728. The van der Waals surface area contributed by atoms with Crippen molar-refractivity contribution in [3.8, 4) is 23.0 Å². The smallest absolute Gasteiger partial charge is 0.330 e. The minimum Gasteiger partial charge on any atom is -0.490 e. The van der Waals surface area contributed by atoms with E-state index < -0.39 is 24.1 Å².